The molecule has 0 aliphatic carbocycles. The fourth-order valence-electron chi connectivity index (χ4n) is 5.91. The van der Waals surface area contributed by atoms with Crippen molar-refractivity contribution in [3.63, 3.8) is 0 Å². The maximum atomic E-state index is 13.1. The molecular formula is C43H45ClN6O11S. The lowest BCUT2D eigenvalue weighted by Gasteiger charge is -2.24. The molecule has 0 saturated carbocycles. The zero-order chi connectivity index (χ0) is 44.9. The number of alkyl carbamates (subject to hydrolysis) is 1. The monoisotopic (exact) mass is 888 g/mol. The normalized spacial score (nSPS) is 13.6. The van der Waals surface area contributed by atoms with Crippen molar-refractivity contribution in [3.8, 4) is 5.75 Å². The number of halogens is 1. The van der Waals surface area contributed by atoms with Crippen molar-refractivity contribution < 1.29 is 52.3 Å². The molecule has 3 aromatic carbocycles. The lowest BCUT2D eigenvalue weighted by molar-refractivity contribution is -0.197. The molecule has 2 heterocycles. The third-order valence-electron chi connectivity index (χ3n) is 9.31. The molecule has 1 saturated heterocycles. The number of thiocarbonyl (C=S) groups is 1. The first-order chi connectivity index (χ1) is 29.6. The molecule has 5 rings (SSSR count). The maximum absolute atomic E-state index is 13.1. The van der Waals surface area contributed by atoms with Crippen LogP contribution in [0.4, 0.5) is 16.2 Å². The third-order valence-corrected chi connectivity index (χ3v) is 9.87. The summed E-state index contributed by atoms with van der Waals surface area (Å²) in [6.45, 7) is 4.85. The Morgan fingerprint density at radius 2 is 1.55 bits per heavy atom. The zero-order valence-electron chi connectivity index (χ0n) is 34.3. The van der Waals surface area contributed by atoms with Gasteiger partial charge in [-0.05, 0) is 91.9 Å². The topological polar surface area (TPSA) is 224 Å². The van der Waals surface area contributed by atoms with Gasteiger partial charge in [0.25, 0.3) is 11.8 Å². The summed E-state index contributed by atoms with van der Waals surface area (Å²) in [6, 6.07) is 18.3. The first kappa shape index (κ1) is 46.4. The van der Waals surface area contributed by atoms with E-state index in [-0.39, 0.29) is 61.6 Å². The smallest absolute Gasteiger partial charge is 0.412 e. The fraction of sp³-hybridized carbons (Fsp3) is 0.326. The van der Waals surface area contributed by atoms with E-state index >= 15 is 0 Å². The number of hydrogen-bond donors (Lipinski definition) is 4. The SMILES string of the molecule is COc1ccc(/N=c2\oc3ccc(Cl)cc3cc2C(=S)NC(=O)OCc2ccc(NC(=O)[C@H](C)NC(=O)C(NC(=O)CCCCC(=O)ON3C(=O)CCC3=O)C(C)C)cc2)cc1. The van der Waals surface area contributed by atoms with E-state index in [9.17, 15) is 33.6 Å². The summed E-state index contributed by atoms with van der Waals surface area (Å²) in [4.78, 5) is 96.3. The number of carbonyl (C=O) groups excluding carboxylic acids is 7. The van der Waals surface area contributed by atoms with Crippen LogP contribution in [0.2, 0.25) is 5.02 Å². The minimum absolute atomic E-state index is 0.000191. The molecule has 19 heteroatoms. The van der Waals surface area contributed by atoms with Gasteiger partial charge >= 0.3 is 12.1 Å². The zero-order valence-corrected chi connectivity index (χ0v) is 35.9. The van der Waals surface area contributed by atoms with Crippen molar-refractivity contribution in [2.24, 2.45) is 10.9 Å². The minimum Gasteiger partial charge on any atom is -0.497 e. The Kier molecular flexibility index (Phi) is 16.3. The predicted molar refractivity (Wildman–Crippen MR) is 230 cm³/mol. The summed E-state index contributed by atoms with van der Waals surface area (Å²) in [5.74, 6) is -3.10. The van der Waals surface area contributed by atoms with E-state index in [2.05, 4.69) is 26.3 Å². The number of benzene rings is 3. The van der Waals surface area contributed by atoms with E-state index in [1.807, 2.05) is 0 Å². The van der Waals surface area contributed by atoms with Gasteiger partial charge in [-0.15, -0.1) is 5.06 Å². The Bertz CT molecular complexity index is 2410. The van der Waals surface area contributed by atoms with Crippen LogP contribution in [-0.4, -0.2) is 70.8 Å². The summed E-state index contributed by atoms with van der Waals surface area (Å²) in [7, 11) is 1.56. The van der Waals surface area contributed by atoms with Crippen molar-refractivity contribution in [1.29, 1.82) is 0 Å². The average molecular weight is 889 g/mol. The molecule has 1 unspecified atom stereocenters. The minimum atomic E-state index is -0.978. The second-order valence-electron chi connectivity index (χ2n) is 14.4. The number of amides is 6. The quantitative estimate of drug-likeness (QED) is 0.0571. The number of unbranched alkanes of at least 4 members (excludes halogenated alkanes) is 1. The molecule has 0 bridgehead atoms. The molecule has 17 nitrogen and oxygen atoms in total. The Morgan fingerprint density at radius 1 is 0.871 bits per heavy atom. The van der Waals surface area contributed by atoms with Crippen molar-refractivity contribution >= 4 is 92.7 Å². The highest BCUT2D eigenvalue weighted by atomic mass is 35.5. The van der Waals surface area contributed by atoms with Gasteiger partial charge in [0.05, 0.1) is 18.4 Å². The van der Waals surface area contributed by atoms with Gasteiger partial charge in [-0.2, -0.15) is 0 Å². The van der Waals surface area contributed by atoms with Crippen LogP contribution in [0.5, 0.6) is 5.75 Å². The Balaban J connectivity index is 1.07. The Labute approximate surface area is 366 Å². The van der Waals surface area contributed by atoms with Gasteiger partial charge in [-0.3, -0.25) is 29.3 Å². The van der Waals surface area contributed by atoms with Gasteiger partial charge < -0.3 is 34.7 Å². The number of carbonyl (C=O) groups is 7. The number of fused-ring (bicyclic) bond motifs is 1. The highest BCUT2D eigenvalue weighted by Crippen LogP contribution is 2.22. The largest absolute Gasteiger partial charge is 0.497 e. The second kappa shape index (κ2) is 21.7. The second-order valence-corrected chi connectivity index (χ2v) is 15.3. The summed E-state index contributed by atoms with van der Waals surface area (Å²) >= 11 is 11.8. The number of rotatable bonds is 17. The van der Waals surface area contributed by atoms with E-state index in [1.54, 1.807) is 93.8 Å². The summed E-state index contributed by atoms with van der Waals surface area (Å²) in [5.41, 5.74) is 2.53. The van der Waals surface area contributed by atoms with Crippen LogP contribution in [0.3, 0.4) is 0 Å². The highest BCUT2D eigenvalue weighted by molar-refractivity contribution is 7.80. The Morgan fingerprint density at radius 3 is 2.21 bits per heavy atom. The molecule has 1 aromatic heterocycles. The fourth-order valence-corrected chi connectivity index (χ4v) is 6.32. The molecule has 6 amide bonds. The summed E-state index contributed by atoms with van der Waals surface area (Å²) < 4.78 is 16.7. The molecule has 4 aromatic rings. The molecule has 2 atom stereocenters. The molecule has 62 heavy (non-hydrogen) atoms. The Hall–Kier alpha value is -6.66. The number of hydroxylamine groups is 2. The van der Waals surface area contributed by atoms with E-state index < -0.39 is 53.7 Å². The van der Waals surface area contributed by atoms with Crippen molar-refractivity contribution in [2.45, 2.75) is 78.0 Å². The number of nitrogens with zero attached hydrogens (tertiary/aromatic N) is 2. The molecule has 326 valence electrons. The number of methoxy groups -OCH3 is 1. The van der Waals surface area contributed by atoms with Crippen LogP contribution >= 0.6 is 23.8 Å². The third kappa shape index (κ3) is 13.2. The van der Waals surface area contributed by atoms with Gasteiger partial charge in [0.15, 0.2) is 0 Å². The van der Waals surface area contributed by atoms with Crippen LogP contribution in [0.1, 0.15) is 70.4 Å². The summed E-state index contributed by atoms with van der Waals surface area (Å²) in [6.07, 6.45) is -0.425. The van der Waals surface area contributed by atoms with Crippen molar-refractivity contribution in [2.75, 3.05) is 12.4 Å². The van der Waals surface area contributed by atoms with Gasteiger partial charge in [-0.1, -0.05) is 49.8 Å². The van der Waals surface area contributed by atoms with E-state index in [0.717, 1.165) is 0 Å². The number of hydrogen-bond acceptors (Lipinski definition) is 13. The van der Waals surface area contributed by atoms with E-state index in [1.165, 1.54) is 6.92 Å². The standard InChI is InChI=1S/C43H45ClN6O11S/c1-24(2)38(48-34(51)7-5-6-8-37(54)61-50-35(52)19-20-36(50)53)40(56)45-25(3)39(55)46-29-12-9-26(10-13-29)23-59-43(57)49-42(62)32-22-27-21-28(44)11-18-33(27)60-41(32)47-30-14-16-31(58-4)17-15-30/h9-18,21-22,24-25,38H,5-8,19-20,23H2,1-4H3,(H,45,56)(H,46,55)(H,48,51)(H,49,57,62)/b47-41-/t25-,38?/m0/s1. The van der Waals surface area contributed by atoms with Gasteiger partial charge in [0, 0.05) is 41.8 Å². The van der Waals surface area contributed by atoms with Crippen molar-refractivity contribution in [1.82, 2.24) is 21.0 Å². The van der Waals surface area contributed by atoms with E-state index in [4.69, 9.17) is 42.5 Å². The highest BCUT2D eigenvalue weighted by Gasteiger charge is 2.33. The van der Waals surface area contributed by atoms with Crippen LogP contribution < -0.4 is 31.6 Å². The number of ether oxygens (including phenoxy) is 2. The lowest BCUT2D eigenvalue weighted by Crippen LogP contribution is -2.53. The van der Waals surface area contributed by atoms with Crippen molar-refractivity contribution in [3.05, 3.63) is 94.5 Å². The number of nitrogens with one attached hydrogen (secondary N) is 4. The van der Waals surface area contributed by atoms with Crippen LogP contribution in [0.25, 0.3) is 11.0 Å². The first-order valence-electron chi connectivity index (χ1n) is 19.6. The molecule has 1 aliphatic heterocycles. The van der Waals surface area contributed by atoms with Gasteiger partial charge in [0.2, 0.25) is 23.3 Å². The molecule has 0 spiro atoms. The van der Waals surface area contributed by atoms with Crippen LogP contribution in [-0.2, 0) is 44.9 Å². The lowest BCUT2D eigenvalue weighted by atomic mass is 10.0. The number of imide groups is 1. The first-order valence-corrected chi connectivity index (χ1v) is 20.3. The maximum Gasteiger partial charge on any atom is 0.412 e. The molecular weight excluding hydrogens is 844 g/mol. The van der Waals surface area contributed by atoms with Gasteiger partial charge in [-0.25, -0.2) is 14.6 Å². The van der Waals surface area contributed by atoms with Gasteiger partial charge in [0.1, 0.15) is 35.0 Å². The van der Waals surface area contributed by atoms with Crippen LogP contribution in [0.15, 0.2) is 82.2 Å². The molecule has 0 radical (unpaired) electrons. The molecule has 1 aliphatic rings. The average Bonchev–Trinajstić information content (AvgIpc) is 3.56. The molecule has 4 N–H and O–H groups in total. The molecule has 1 fully saturated rings. The predicted octanol–water partition coefficient (Wildman–Crippen LogP) is 5.68. The van der Waals surface area contributed by atoms with Crippen LogP contribution in [0, 0.1) is 5.92 Å². The summed E-state index contributed by atoms with van der Waals surface area (Å²) in [5, 5.41) is 12.2. The van der Waals surface area contributed by atoms with E-state index in [0.29, 0.717) is 49.3 Å². The number of anilines is 1.